The van der Waals surface area contributed by atoms with E-state index in [2.05, 4.69) is 29.0 Å². The van der Waals surface area contributed by atoms with Crippen LogP contribution in [0.2, 0.25) is 0 Å². The molecule has 1 aliphatic rings. The topological polar surface area (TPSA) is 47.5 Å². The molecule has 1 aliphatic heterocycles. The van der Waals surface area contributed by atoms with Gasteiger partial charge in [-0.2, -0.15) is 0 Å². The van der Waals surface area contributed by atoms with E-state index in [4.69, 9.17) is 0 Å². The normalized spacial score (nSPS) is 18.0. The van der Waals surface area contributed by atoms with Gasteiger partial charge in [-0.15, -0.1) is 31.4 Å². The van der Waals surface area contributed by atoms with E-state index in [1.165, 1.54) is 19.3 Å². The van der Waals surface area contributed by atoms with Crippen molar-refractivity contribution in [3.63, 3.8) is 0 Å². The number of rotatable bonds is 7. The number of unbranched alkanes of at least 4 members (excludes halogenated alkanes) is 3. The van der Waals surface area contributed by atoms with Crippen molar-refractivity contribution in [1.82, 2.24) is 15.5 Å². The van der Waals surface area contributed by atoms with E-state index in [1.807, 2.05) is 0 Å². The number of nitrogens with zero attached hydrogens (tertiary/aromatic N) is 1. The summed E-state index contributed by atoms with van der Waals surface area (Å²) in [5.74, 6) is 0. The van der Waals surface area contributed by atoms with Gasteiger partial charge in [0.05, 0.1) is 6.10 Å². The average molecular weight is 381 g/mol. The van der Waals surface area contributed by atoms with E-state index in [-0.39, 0.29) is 48.3 Å². The molecule has 0 aromatic rings. The first kappa shape index (κ1) is 26.8. The van der Waals surface area contributed by atoms with Gasteiger partial charge in [-0.25, -0.2) is 0 Å². The predicted octanol–water partition coefficient (Wildman–Crippen LogP) is 1.82. The molecule has 21 heavy (non-hydrogen) atoms. The summed E-state index contributed by atoms with van der Waals surface area (Å²) in [6.07, 6.45) is 5.70. The van der Waals surface area contributed by atoms with Crippen molar-refractivity contribution >= 4 is 24.8 Å². The fraction of sp³-hybridized carbons (Fsp3) is 0.929. The van der Waals surface area contributed by atoms with Crippen LogP contribution in [0.15, 0.2) is 0 Å². The Balaban J connectivity index is -0.00000108. The van der Waals surface area contributed by atoms with Crippen molar-refractivity contribution < 1.29 is 22.5 Å². The SMILES string of the molecule is CCCCCCC(O)CN1[CH-]CNCCNCC1.Cl.Cl.[Cr]. The molecule has 0 aromatic carbocycles. The van der Waals surface area contributed by atoms with E-state index < -0.39 is 0 Å². The zero-order chi connectivity index (χ0) is 13.1. The summed E-state index contributed by atoms with van der Waals surface area (Å²) in [5.41, 5.74) is 0. The molecule has 0 saturated carbocycles. The molecular formula is C14H32Cl2CrN3O-. The second-order valence-electron chi connectivity index (χ2n) is 5.13. The molecule has 0 radical (unpaired) electrons. The van der Waals surface area contributed by atoms with Gasteiger partial charge in [-0.3, -0.25) is 6.54 Å². The van der Waals surface area contributed by atoms with Crippen LogP contribution in [0.25, 0.3) is 0 Å². The molecule has 3 N–H and O–H groups in total. The third kappa shape index (κ3) is 15.6. The third-order valence-electron chi connectivity index (χ3n) is 3.38. The van der Waals surface area contributed by atoms with Crippen molar-refractivity contribution in [3.05, 3.63) is 6.54 Å². The summed E-state index contributed by atoms with van der Waals surface area (Å²) >= 11 is 0. The fourth-order valence-electron chi connectivity index (χ4n) is 2.25. The first-order valence-electron chi connectivity index (χ1n) is 7.49. The van der Waals surface area contributed by atoms with Gasteiger partial charge in [-0.1, -0.05) is 32.6 Å². The van der Waals surface area contributed by atoms with Gasteiger partial charge < -0.3 is 20.6 Å². The molecule has 1 fully saturated rings. The number of β-amino-alcohol motifs (C(OH)–C–C–N with tert-alkyl or cyclic N) is 1. The van der Waals surface area contributed by atoms with Crippen LogP contribution in [0.1, 0.15) is 39.0 Å². The van der Waals surface area contributed by atoms with Gasteiger partial charge in [-0.05, 0) is 19.5 Å². The average Bonchev–Trinajstić information content (AvgIpc) is 2.49. The second kappa shape index (κ2) is 19.0. The van der Waals surface area contributed by atoms with Crippen molar-refractivity contribution in [2.24, 2.45) is 0 Å². The Kier molecular flexibility index (Phi) is 24.3. The maximum Gasteiger partial charge on any atom is 0.0643 e. The Labute approximate surface area is 153 Å². The van der Waals surface area contributed by atoms with Gasteiger partial charge >= 0.3 is 0 Å². The number of hydrogen-bond donors (Lipinski definition) is 3. The number of aliphatic hydroxyl groups is 1. The van der Waals surface area contributed by atoms with Crippen LogP contribution in [0.4, 0.5) is 0 Å². The standard InChI is InChI=1S/C14H30N3O.2ClH.Cr/c1-2-3-4-5-6-14(18)13-17-11-9-15-7-8-16-10-12-17;;;/h11,14-16,18H,2-10,12-13H2,1H3;2*1H;/q-1;;;. The molecule has 0 aliphatic carbocycles. The molecule has 1 heterocycles. The molecule has 1 saturated heterocycles. The summed E-state index contributed by atoms with van der Waals surface area (Å²) in [6, 6.07) is 0. The van der Waals surface area contributed by atoms with Crippen LogP contribution >= 0.6 is 24.8 Å². The summed E-state index contributed by atoms with van der Waals surface area (Å²) < 4.78 is 0. The molecule has 1 rings (SSSR count). The molecule has 130 valence electrons. The molecule has 7 heteroatoms. The quantitative estimate of drug-likeness (QED) is 0.465. The van der Waals surface area contributed by atoms with E-state index in [0.29, 0.717) is 0 Å². The number of hydrogen-bond acceptors (Lipinski definition) is 4. The first-order chi connectivity index (χ1) is 8.83. The zero-order valence-electron chi connectivity index (χ0n) is 13.1. The van der Waals surface area contributed by atoms with Gasteiger partial charge in [0.15, 0.2) is 0 Å². The van der Waals surface area contributed by atoms with Gasteiger partial charge in [0.25, 0.3) is 0 Å². The molecule has 0 amide bonds. The van der Waals surface area contributed by atoms with Gasteiger partial charge in [0, 0.05) is 37.0 Å². The Morgan fingerprint density at radius 3 is 2.52 bits per heavy atom. The van der Waals surface area contributed by atoms with Crippen LogP contribution in [0.3, 0.4) is 0 Å². The molecule has 0 spiro atoms. The van der Waals surface area contributed by atoms with Crippen molar-refractivity contribution in [2.75, 3.05) is 39.3 Å². The Hall–Kier alpha value is 0.952. The minimum Gasteiger partial charge on any atom is -0.452 e. The molecule has 0 aromatic heterocycles. The smallest absolute Gasteiger partial charge is 0.0643 e. The number of halogens is 2. The fourth-order valence-corrected chi connectivity index (χ4v) is 2.25. The van der Waals surface area contributed by atoms with Crippen LogP contribution in [-0.2, 0) is 17.4 Å². The number of aliphatic hydroxyl groups excluding tert-OH is 1. The molecule has 4 nitrogen and oxygen atoms in total. The maximum absolute atomic E-state index is 10.0. The summed E-state index contributed by atoms with van der Waals surface area (Å²) in [7, 11) is 0. The molecule has 1 atom stereocenters. The van der Waals surface area contributed by atoms with E-state index in [1.54, 1.807) is 0 Å². The second-order valence-corrected chi connectivity index (χ2v) is 5.13. The van der Waals surface area contributed by atoms with Gasteiger partial charge in [0.1, 0.15) is 0 Å². The van der Waals surface area contributed by atoms with Gasteiger partial charge in [0.2, 0.25) is 0 Å². The first-order valence-corrected chi connectivity index (χ1v) is 7.49. The molecule has 0 bridgehead atoms. The summed E-state index contributed by atoms with van der Waals surface area (Å²) in [5, 5.41) is 16.8. The monoisotopic (exact) mass is 380 g/mol. The Bertz CT molecular complexity index is 195. The maximum atomic E-state index is 10.0. The minimum absolute atomic E-state index is 0. The Morgan fingerprint density at radius 1 is 1.10 bits per heavy atom. The molecule has 1 unspecified atom stereocenters. The van der Waals surface area contributed by atoms with Crippen LogP contribution in [0.5, 0.6) is 0 Å². The van der Waals surface area contributed by atoms with Crippen LogP contribution in [-0.4, -0.2) is 55.4 Å². The van der Waals surface area contributed by atoms with Crippen molar-refractivity contribution in [3.8, 4) is 0 Å². The van der Waals surface area contributed by atoms with Crippen LogP contribution in [0, 0.1) is 6.54 Å². The largest absolute Gasteiger partial charge is 0.452 e. The summed E-state index contributed by atoms with van der Waals surface area (Å²) in [4.78, 5) is 2.25. The van der Waals surface area contributed by atoms with E-state index in [9.17, 15) is 5.11 Å². The third-order valence-corrected chi connectivity index (χ3v) is 3.38. The Morgan fingerprint density at radius 2 is 1.81 bits per heavy atom. The van der Waals surface area contributed by atoms with Crippen molar-refractivity contribution in [2.45, 2.75) is 45.1 Å². The molecular weight excluding hydrogens is 349 g/mol. The predicted molar refractivity (Wildman–Crippen MR) is 90.9 cm³/mol. The van der Waals surface area contributed by atoms with Crippen molar-refractivity contribution in [1.29, 1.82) is 0 Å². The van der Waals surface area contributed by atoms with E-state index in [0.717, 1.165) is 52.1 Å². The summed E-state index contributed by atoms with van der Waals surface area (Å²) in [6.45, 7) is 10.1. The minimum atomic E-state index is -0.182. The zero-order valence-corrected chi connectivity index (χ0v) is 16.0. The number of nitrogens with one attached hydrogen (secondary N) is 2. The van der Waals surface area contributed by atoms with Crippen LogP contribution < -0.4 is 10.6 Å². The van der Waals surface area contributed by atoms with E-state index >= 15 is 0 Å².